The van der Waals surface area contributed by atoms with Gasteiger partial charge in [-0.15, -0.1) is 0 Å². The van der Waals surface area contributed by atoms with Crippen LogP contribution < -0.4 is 16.0 Å². The number of benzene rings is 2. The molecule has 0 atom stereocenters. The van der Waals surface area contributed by atoms with Gasteiger partial charge in [0.1, 0.15) is 5.69 Å². The van der Waals surface area contributed by atoms with Crippen LogP contribution in [0.3, 0.4) is 0 Å². The molecule has 9 nitrogen and oxygen atoms in total. The van der Waals surface area contributed by atoms with Crippen LogP contribution in [0.25, 0.3) is 0 Å². The highest BCUT2D eigenvalue weighted by atomic mass is 32.2. The maximum Gasteiger partial charge on any atom is 0.293 e. The predicted molar refractivity (Wildman–Crippen MR) is 119 cm³/mol. The van der Waals surface area contributed by atoms with E-state index < -0.39 is 14.8 Å². The van der Waals surface area contributed by atoms with E-state index in [0.29, 0.717) is 25.6 Å². The SMILES string of the molecule is CN=C(NCCNc1ccc(S(C)(=O)=O)cc1[N+](=O)[O-])NCc1ccc(C)cc1C. The zero-order valence-corrected chi connectivity index (χ0v) is 18.3. The number of aryl methyl sites for hydroxylation is 2. The van der Waals surface area contributed by atoms with Gasteiger partial charge in [-0.2, -0.15) is 0 Å². The third-order valence-electron chi connectivity index (χ3n) is 4.49. The minimum absolute atomic E-state index is 0.0890. The van der Waals surface area contributed by atoms with E-state index in [4.69, 9.17) is 0 Å². The molecule has 30 heavy (non-hydrogen) atoms. The molecule has 10 heteroatoms. The standard InChI is InChI=1S/C20H27N5O4S/c1-14-5-6-16(15(2)11-14)13-24-20(21-3)23-10-9-22-18-8-7-17(30(4,28)29)12-19(18)25(26)27/h5-8,11-12,22H,9-10,13H2,1-4H3,(H2,21,23,24). The number of nitrogens with one attached hydrogen (secondary N) is 3. The van der Waals surface area contributed by atoms with Crippen molar-refractivity contribution in [3.63, 3.8) is 0 Å². The van der Waals surface area contributed by atoms with Crippen molar-refractivity contribution in [1.29, 1.82) is 0 Å². The zero-order chi connectivity index (χ0) is 22.3. The van der Waals surface area contributed by atoms with Crippen LogP contribution in [0, 0.1) is 24.0 Å². The first kappa shape index (κ1) is 23.1. The molecule has 0 saturated carbocycles. The second-order valence-electron chi connectivity index (χ2n) is 6.92. The van der Waals surface area contributed by atoms with Crippen molar-refractivity contribution < 1.29 is 13.3 Å². The summed E-state index contributed by atoms with van der Waals surface area (Å²) in [6.45, 7) is 5.57. The van der Waals surface area contributed by atoms with Crippen LogP contribution in [0.1, 0.15) is 16.7 Å². The molecule has 2 aromatic rings. The van der Waals surface area contributed by atoms with Gasteiger partial charge in [0, 0.05) is 39.0 Å². The van der Waals surface area contributed by atoms with Gasteiger partial charge >= 0.3 is 0 Å². The van der Waals surface area contributed by atoms with E-state index in [1.54, 1.807) is 7.05 Å². The third kappa shape index (κ3) is 6.45. The molecule has 162 valence electrons. The summed E-state index contributed by atoms with van der Waals surface area (Å²) in [4.78, 5) is 14.8. The van der Waals surface area contributed by atoms with Crippen molar-refractivity contribution in [3.05, 3.63) is 63.2 Å². The highest BCUT2D eigenvalue weighted by Crippen LogP contribution is 2.27. The van der Waals surface area contributed by atoms with Crippen molar-refractivity contribution in [2.45, 2.75) is 25.3 Å². The third-order valence-corrected chi connectivity index (χ3v) is 5.61. The van der Waals surface area contributed by atoms with Gasteiger partial charge < -0.3 is 16.0 Å². The largest absolute Gasteiger partial charge is 0.378 e. The summed E-state index contributed by atoms with van der Waals surface area (Å²) in [7, 11) is -1.85. The molecule has 0 bridgehead atoms. The van der Waals surface area contributed by atoms with Gasteiger partial charge in [0.25, 0.3) is 5.69 Å². The Hall–Kier alpha value is -3.14. The lowest BCUT2D eigenvalue weighted by atomic mass is 10.1. The Morgan fingerprint density at radius 2 is 1.83 bits per heavy atom. The second-order valence-corrected chi connectivity index (χ2v) is 8.93. The van der Waals surface area contributed by atoms with Gasteiger partial charge in [-0.05, 0) is 37.1 Å². The van der Waals surface area contributed by atoms with Crippen molar-refractivity contribution >= 4 is 27.2 Å². The van der Waals surface area contributed by atoms with Crippen molar-refractivity contribution in [2.75, 3.05) is 31.7 Å². The highest BCUT2D eigenvalue weighted by molar-refractivity contribution is 7.90. The number of aliphatic imine (C=N–C) groups is 1. The van der Waals surface area contributed by atoms with Crippen LogP contribution in [0.5, 0.6) is 0 Å². The summed E-state index contributed by atoms with van der Waals surface area (Å²) < 4.78 is 23.2. The number of hydrogen-bond donors (Lipinski definition) is 3. The van der Waals surface area contributed by atoms with E-state index in [-0.39, 0.29) is 16.3 Å². The second kappa shape index (κ2) is 10.1. The fraction of sp³-hybridized carbons (Fsp3) is 0.350. The molecule has 0 saturated heterocycles. The van der Waals surface area contributed by atoms with E-state index in [1.165, 1.54) is 28.8 Å². The topological polar surface area (TPSA) is 126 Å². The number of guanidine groups is 1. The molecule has 2 aromatic carbocycles. The fourth-order valence-corrected chi connectivity index (χ4v) is 3.51. The molecule has 0 aliphatic carbocycles. The lowest BCUT2D eigenvalue weighted by molar-refractivity contribution is -0.384. The molecular formula is C20H27N5O4S. The van der Waals surface area contributed by atoms with Crippen molar-refractivity contribution in [2.24, 2.45) is 4.99 Å². The monoisotopic (exact) mass is 433 g/mol. The van der Waals surface area contributed by atoms with Gasteiger partial charge in [0.15, 0.2) is 15.8 Å². The number of hydrogen-bond acceptors (Lipinski definition) is 6. The van der Waals surface area contributed by atoms with E-state index in [1.807, 2.05) is 0 Å². The van der Waals surface area contributed by atoms with Crippen molar-refractivity contribution in [1.82, 2.24) is 10.6 Å². The average Bonchev–Trinajstić information content (AvgIpc) is 2.67. The summed E-state index contributed by atoms with van der Waals surface area (Å²) in [5, 5.41) is 20.6. The van der Waals surface area contributed by atoms with Gasteiger partial charge in [-0.25, -0.2) is 8.42 Å². The van der Waals surface area contributed by atoms with E-state index >= 15 is 0 Å². The molecule has 0 heterocycles. The zero-order valence-electron chi connectivity index (χ0n) is 17.5. The molecule has 0 amide bonds. The first-order valence-electron chi connectivity index (χ1n) is 9.35. The molecule has 0 aliphatic heterocycles. The first-order valence-corrected chi connectivity index (χ1v) is 11.2. The van der Waals surface area contributed by atoms with Crippen LogP contribution in [0.4, 0.5) is 11.4 Å². The molecule has 0 unspecified atom stereocenters. The van der Waals surface area contributed by atoms with E-state index in [0.717, 1.165) is 12.3 Å². The number of nitro groups is 1. The van der Waals surface area contributed by atoms with Crippen LogP contribution in [-0.2, 0) is 16.4 Å². The summed E-state index contributed by atoms with van der Waals surface area (Å²) in [5.41, 5.74) is 3.55. The Labute approximate surface area is 176 Å². The Kier molecular flexibility index (Phi) is 7.76. The van der Waals surface area contributed by atoms with Gasteiger partial charge in [-0.1, -0.05) is 23.8 Å². The first-order chi connectivity index (χ1) is 14.1. The predicted octanol–water partition coefficient (Wildman–Crippen LogP) is 2.39. The summed E-state index contributed by atoms with van der Waals surface area (Å²) in [5.74, 6) is 0.610. The smallest absolute Gasteiger partial charge is 0.293 e. The fourth-order valence-electron chi connectivity index (χ4n) is 2.86. The van der Waals surface area contributed by atoms with Gasteiger partial charge in [-0.3, -0.25) is 15.1 Å². The number of nitro benzene ring substituents is 1. The van der Waals surface area contributed by atoms with Crippen LogP contribution in [0.15, 0.2) is 46.3 Å². The molecule has 0 spiro atoms. The number of sulfone groups is 1. The molecule has 2 rings (SSSR count). The Morgan fingerprint density at radius 1 is 1.10 bits per heavy atom. The van der Waals surface area contributed by atoms with Gasteiger partial charge in [0.2, 0.25) is 0 Å². The average molecular weight is 434 g/mol. The van der Waals surface area contributed by atoms with Gasteiger partial charge in [0.05, 0.1) is 9.82 Å². The van der Waals surface area contributed by atoms with Crippen LogP contribution >= 0.6 is 0 Å². The maximum atomic E-state index is 11.6. The van der Waals surface area contributed by atoms with E-state index in [9.17, 15) is 18.5 Å². The lowest BCUT2D eigenvalue weighted by Gasteiger charge is -2.14. The normalized spacial score (nSPS) is 11.8. The Balaban J connectivity index is 1.91. The molecular weight excluding hydrogens is 406 g/mol. The van der Waals surface area contributed by atoms with E-state index in [2.05, 4.69) is 53.0 Å². The maximum absolute atomic E-state index is 11.6. The summed E-state index contributed by atoms with van der Waals surface area (Å²) in [6.07, 6.45) is 1.01. The number of rotatable bonds is 8. The van der Waals surface area contributed by atoms with Crippen LogP contribution in [0.2, 0.25) is 0 Å². The number of anilines is 1. The molecule has 0 radical (unpaired) electrons. The minimum atomic E-state index is -3.52. The van der Waals surface area contributed by atoms with Crippen LogP contribution in [-0.4, -0.2) is 45.7 Å². The Morgan fingerprint density at radius 3 is 2.43 bits per heavy atom. The summed E-state index contributed by atoms with van der Waals surface area (Å²) >= 11 is 0. The number of nitrogens with zero attached hydrogens (tertiary/aromatic N) is 2. The minimum Gasteiger partial charge on any atom is -0.378 e. The van der Waals surface area contributed by atoms with Crippen molar-refractivity contribution in [3.8, 4) is 0 Å². The lowest BCUT2D eigenvalue weighted by Crippen LogP contribution is -2.39. The molecule has 0 aromatic heterocycles. The molecule has 0 fully saturated rings. The summed E-state index contributed by atoms with van der Waals surface area (Å²) in [6, 6.07) is 10.1. The Bertz CT molecular complexity index is 1050. The quantitative estimate of drug-likeness (QED) is 0.192. The highest BCUT2D eigenvalue weighted by Gasteiger charge is 2.18. The molecule has 3 N–H and O–H groups in total. The molecule has 0 aliphatic rings.